The molecule has 0 aromatic heterocycles. The van der Waals surface area contributed by atoms with E-state index in [1.165, 1.54) is 24.1 Å². The highest BCUT2D eigenvalue weighted by molar-refractivity contribution is 5.59. The number of fused-ring (bicyclic) bond motifs is 3. The molecule has 0 bridgehead atoms. The van der Waals surface area contributed by atoms with Gasteiger partial charge in [-0.15, -0.1) is 0 Å². The Morgan fingerprint density at radius 2 is 2.12 bits per heavy atom. The Morgan fingerprint density at radius 3 is 3.00 bits per heavy atom. The Hall–Kier alpha value is -1.22. The van der Waals surface area contributed by atoms with E-state index in [-0.39, 0.29) is 0 Å². The minimum Gasteiger partial charge on any atom is -0.508 e. The Morgan fingerprint density at radius 1 is 1.25 bits per heavy atom. The molecular formula is C13H18N2O. The predicted octanol–water partition coefficient (Wildman–Crippen LogP) is 1.63. The fraction of sp³-hybridized carbons (Fsp3) is 0.538. The summed E-state index contributed by atoms with van der Waals surface area (Å²) in [4.78, 5) is 2.44. The molecular weight excluding hydrogens is 200 g/mol. The summed E-state index contributed by atoms with van der Waals surface area (Å²) in [6.45, 7) is 0.961. The second-order valence-electron chi connectivity index (χ2n) is 5.00. The van der Waals surface area contributed by atoms with Crippen molar-refractivity contribution in [3.8, 4) is 5.75 Å². The zero-order valence-electron chi connectivity index (χ0n) is 9.39. The molecule has 2 aliphatic rings. The van der Waals surface area contributed by atoms with E-state index in [1.807, 2.05) is 12.1 Å². The second-order valence-corrected chi connectivity index (χ2v) is 5.00. The minimum atomic E-state index is 0.302. The molecule has 86 valence electrons. The van der Waals surface area contributed by atoms with Gasteiger partial charge in [0, 0.05) is 24.3 Å². The smallest absolute Gasteiger partial charge is 0.116 e. The van der Waals surface area contributed by atoms with Crippen LogP contribution in [0.15, 0.2) is 18.2 Å². The number of nitrogens with two attached hydrogens (primary N) is 1. The summed E-state index contributed by atoms with van der Waals surface area (Å²) in [5, 5.41) is 9.49. The van der Waals surface area contributed by atoms with Crippen LogP contribution in [0.5, 0.6) is 5.75 Å². The normalized spacial score (nSPS) is 28.4. The van der Waals surface area contributed by atoms with Crippen LogP contribution in [0.3, 0.4) is 0 Å². The van der Waals surface area contributed by atoms with E-state index in [9.17, 15) is 5.11 Å². The molecule has 3 heteroatoms. The molecule has 3 nitrogen and oxygen atoms in total. The third kappa shape index (κ3) is 1.55. The van der Waals surface area contributed by atoms with Gasteiger partial charge in [0.25, 0.3) is 0 Å². The number of aryl methyl sites for hydroxylation is 1. The molecule has 16 heavy (non-hydrogen) atoms. The number of rotatable bonds is 0. The lowest BCUT2D eigenvalue weighted by Gasteiger charge is -2.44. The van der Waals surface area contributed by atoms with Gasteiger partial charge >= 0.3 is 0 Å². The largest absolute Gasteiger partial charge is 0.508 e. The van der Waals surface area contributed by atoms with Crippen molar-refractivity contribution >= 4 is 5.69 Å². The van der Waals surface area contributed by atoms with Crippen LogP contribution in [0.4, 0.5) is 5.69 Å². The third-order valence-corrected chi connectivity index (χ3v) is 3.86. The Balaban J connectivity index is 1.97. The van der Waals surface area contributed by atoms with Crippen LogP contribution in [-0.4, -0.2) is 23.7 Å². The van der Waals surface area contributed by atoms with Gasteiger partial charge in [0.2, 0.25) is 0 Å². The minimum absolute atomic E-state index is 0.302. The topological polar surface area (TPSA) is 49.5 Å². The van der Waals surface area contributed by atoms with Crippen LogP contribution in [-0.2, 0) is 6.42 Å². The van der Waals surface area contributed by atoms with Crippen LogP contribution in [0.2, 0.25) is 0 Å². The maximum Gasteiger partial charge on any atom is 0.116 e. The Kier molecular flexibility index (Phi) is 2.28. The lowest BCUT2D eigenvalue weighted by Crippen LogP contribution is -2.50. The van der Waals surface area contributed by atoms with E-state index < -0.39 is 0 Å². The molecule has 0 amide bonds. The molecule has 3 rings (SSSR count). The van der Waals surface area contributed by atoms with E-state index in [1.54, 1.807) is 6.07 Å². The van der Waals surface area contributed by atoms with Gasteiger partial charge in [-0.1, -0.05) is 0 Å². The molecule has 1 fully saturated rings. The summed E-state index contributed by atoms with van der Waals surface area (Å²) in [6.07, 6.45) is 4.64. The van der Waals surface area contributed by atoms with Crippen LogP contribution in [0.25, 0.3) is 0 Å². The van der Waals surface area contributed by atoms with Crippen molar-refractivity contribution in [1.29, 1.82) is 0 Å². The quantitative estimate of drug-likeness (QED) is 0.696. The number of piperidine rings is 1. The molecule has 1 aromatic rings. The van der Waals surface area contributed by atoms with Crippen LogP contribution in [0, 0.1) is 0 Å². The second kappa shape index (κ2) is 3.67. The van der Waals surface area contributed by atoms with Crippen molar-refractivity contribution in [1.82, 2.24) is 0 Å². The first kappa shape index (κ1) is 9.97. The number of hydrogen-bond donors (Lipinski definition) is 2. The number of phenols is 1. The van der Waals surface area contributed by atoms with Gasteiger partial charge in [-0.2, -0.15) is 0 Å². The maximum absolute atomic E-state index is 9.49. The predicted molar refractivity (Wildman–Crippen MR) is 64.8 cm³/mol. The molecule has 2 unspecified atom stereocenters. The first-order valence-electron chi connectivity index (χ1n) is 6.08. The number of phenolic OH excluding ortho intramolecular Hbond substituents is 1. The lowest BCUT2D eigenvalue weighted by molar-refractivity contribution is 0.389. The SMILES string of the molecule is NC1CCC2CCc3cc(O)ccc3N2C1. The van der Waals surface area contributed by atoms with Crippen LogP contribution < -0.4 is 10.6 Å². The first-order chi connectivity index (χ1) is 7.74. The van der Waals surface area contributed by atoms with Gasteiger partial charge in [0.1, 0.15) is 5.75 Å². The molecule has 1 saturated heterocycles. The van der Waals surface area contributed by atoms with Crippen molar-refractivity contribution in [2.24, 2.45) is 5.73 Å². The van der Waals surface area contributed by atoms with Crippen LogP contribution >= 0.6 is 0 Å². The fourth-order valence-corrected chi connectivity index (χ4v) is 3.02. The zero-order valence-corrected chi connectivity index (χ0v) is 9.39. The fourth-order valence-electron chi connectivity index (χ4n) is 3.02. The number of hydrogen-bond acceptors (Lipinski definition) is 3. The van der Waals surface area contributed by atoms with Crippen molar-refractivity contribution in [3.63, 3.8) is 0 Å². The van der Waals surface area contributed by atoms with Gasteiger partial charge in [-0.05, 0) is 49.4 Å². The highest BCUT2D eigenvalue weighted by Crippen LogP contribution is 2.36. The third-order valence-electron chi connectivity index (χ3n) is 3.86. The van der Waals surface area contributed by atoms with Gasteiger partial charge in [0.15, 0.2) is 0 Å². The van der Waals surface area contributed by atoms with Gasteiger partial charge in [0.05, 0.1) is 0 Å². The lowest BCUT2D eigenvalue weighted by atomic mass is 9.88. The van der Waals surface area contributed by atoms with Gasteiger partial charge in [-0.25, -0.2) is 0 Å². The molecule has 0 spiro atoms. The van der Waals surface area contributed by atoms with Crippen molar-refractivity contribution in [3.05, 3.63) is 23.8 Å². The maximum atomic E-state index is 9.49. The zero-order chi connectivity index (χ0) is 11.1. The van der Waals surface area contributed by atoms with Crippen LogP contribution in [0.1, 0.15) is 24.8 Å². The number of benzene rings is 1. The average molecular weight is 218 g/mol. The summed E-state index contributed by atoms with van der Waals surface area (Å²) >= 11 is 0. The highest BCUT2D eigenvalue weighted by atomic mass is 16.3. The summed E-state index contributed by atoms with van der Waals surface area (Å²) in [5.74, 6) is 0.374. The summed E-state index contributed by atoms with van der Waals surface area (Å²) < 4.78 is 0. The van der Waals surface area contributed by atoms with Gasteiger partial charge in [-0.3, -0.25) is 0 Å². The number of anilines is 1. The molecule has 0 saturated carbocycles. The summed E-state index contributed by atoms with van der Waals surface area (Å²) in [5.41, 5.74) is 8.59. The molecule has 2 heterocycles. The molecule has 1 aromatic carbocycles. The van der Waals surface area contributed by atoms with E-state index in [2.05, 4.69) is 4.90 Å². The summed E-state index contributed by atoms with van der Waals surface area (Å²) in [7, 11) is 0. The summed E-state index contributed by atoms with van der Waals surface area (Å²) in [6, 6.07) is 6.68. The molecule has 0 radical (unpaired) electrons. The monoisotopic (exact) mass is 218 g/mol. The Labute approximate surface area is 95.9 Å². The standard InChI is InChI=1S/C13H18N2O/c14-10-2-4-11-3-1-9-7-12(16)5-6-13(9)15(11)8-10/h5-7,10-11,16H,1-4,8,14H2. The molecule has 3 N–H and O–H groups in total. The molecule has 2 aliphatic heterocycles. The highest BCUT2D eigenvalue weighted by Gasteiger charge is 2.31. The van der Waals surface area contributed by atoms with Crippen molar-refractivity contribution in [2.45, 2.75) is 37.8 Å². The van der Waals surface area contributed by atoms with E-state index in [4.69, 9.17) is 5.73 Å². The van der Waals surface area contributed by atoms with Crippen molar-refractivity contribution in [2.75, 3.05) is 11.4 Å². The first-order valence-corrected chi connectivity index (χ1v) is 6.08. The Bertz CT molecular complexity index is 405. The number of aromatic hydroxyl groups is 1. The van der Waals surface area contributed by atoms with E-state index in [0.29, 0.717) is 17.8 Å². The van der Waals surface area contributed by atoms with E-state index in [0.717, 1.165) is 19.4 Å². The number of nitrogens with zero attached hydrogens (tertiary/aromatic N) is 1. The molecule has 2 atom stereocenters. The van der Waals surface area contributed by atoms with Crippen molar-refractivity contribution < 1.29 is 5.11 Å². The molecule has 0 aliphatic carbocycles. The van der Waals surface area contributed by atoms with Gasteiger partial charge < -0.3 is 15.7 Å². The van der Waals surface area contributed by atoms with E-state index >= 15 is 0 Å². The average Bonchev–Trinajstić information content (AvgIpc) is 2.28.